The summed E-state index contributed by atoms with van der Waals surface area (Å²) >= 11 is 0. The zero-order valence-electron chi connectivity index (χ0n) is 16.7. The topological polar surface area (TPSA) is 32.7 Å². The number of rotatable bonds is 5. The molecule has 0 bridgehead atoms. The van der Waals surface area contributed by atoms with Crippen molar-refractivity contribution in [1.82, 2.24) is 4.90 Å². The molecule has 0 aliphatic heterocycles. The molecule has 1 aliphatic carbocycles. The van der Waals surface area contributed by atoms with Crippen molar-refractivity contribution < 1.29 is 9.53 Å². The highest BCUT2D eigenvalue weighted by atomic mass is 28.4. The van der Waals surface area contributed by atoms with E-state index < -0.39 is 14.4 Å². The molecule has 0 saturated heterocycles. The van der Waals surface area contributed by atoms with Crippen molar-refractivity contribution in [3.05, 3.63) is 24.0 Å². The zero-order valence-corrected chi connectivity index (χ0v) is 17.7. The molecule has 23 heavy (non-hydrogen) atoms. The zero-order chi connectivity index (χ0) is 18.2. The van der Waals surface area contributed by atoms with Crippen LogP contribution < -0.4 is 0 Å². The predicted molar refractivity (Wildman–Crippen MR) is 102 cm³/mol. The molecule has 0 fully saturated rings. The van der Waals surface area contributed by atoms with Crippen molar-refractivity contribution in [2.75, 3.05) is 14.1 Å². The lowest BCUT2D eigenvalue weighted by molar-refractivity contribution is 0.00219. The van der Waals surface area contributed by atoms with Crippen LogP contribution in [0.5, 0.6) is 0 Å². The van der Waals surface area contributed by atoms with Crippen molar-refractivity contribution in [3.8, 4) is 0 Å². The van der Waals surface area contributed by atoms with Gasteiger partial charge in [-0.3, -0.25) is 0 Å². The second-order valence-electron chi connectivity index (χ2n) is 9.16. The minimum atomic E-state index is -1.82. The molecule has 4 heteroatoms. The Morgan fingerprint density at radius 2 is 1.96 bits per heavy atom. The Bertz CT molecular complexity index is 476. The molecule has 1 rings (SSSR count). The first kappa shape index (κ1) is 20.5. The second kappa shape index (κ2) is 6.73. The van der Waals surface area contributed by atoms with Gasteiger partial charge in [0.25, 0.3) is 0 Å². The normalized spacial score (nSPS) is 27.6. The molecule has 1 N–H and O–H groups in total. The predicted octanol–water partition coefficient (Wildman–Crippen LogP) is 4.56. The maximum absolute atomic E-state index is 10.7. The Labute approximate surface area is 144 Å². The van der Waals surface area contributed by atoms with E-state index >= 15 is 0 Å². The smallest absolute Gasteiger partial charge is 0.250 e. The summed E-state index contributed by atoms with van der Waals surface area (Å²) in [5.74, 6) is 1.10. The second-order valence-corrected chi connectivity index (χ2v) is 13.9. The van der Waals surface area contributed by atoms with E-state index in [0.29, 0.717) is 0 Å². The fraction of sp³-hybridized carbons (Fsp3) is 0.789. The van der Waals surface area contributed by atoms with Crippen LogP contribution in [0.25, 0.3) is 0 Å². The number of likely N-dealkylation sites (N-methyl/N-ethyl adjacent to an activating group) is 1. The summed E-state index contributed by atoms with van der Waals surface area (Å²) in [6, 6.07) is 0.141. The van der Waals surface area contributed by atoms with Gasteiger partial charge in [-0.1, -0.05) is 39.8 Å². The van der Waals surface area contributed by atoms with E-state index in [1.54, 1.807) is 0 Å². The summed E-state index contributed by atoms with van der Waals surface area (Å²) in [6.07, 6.45) is 3.53. The summed E-state index contributed by atoms with van der Waals surface area (Å²) in [5.41, 5.74) is 0.608. The highest BCUT2D eigenvalue weighted by Crippen LogP contribution is 2.45. The molecule has 1 aliphatic rings. The van der Waals surface area contributed by atoms with Gasteiger partial charge in [-0.15, -0.1) is 0 Å². The summed E-state index contributed by atoms with van der Waals surface area (Å²) in [4.78, 5) is 2.18. The van der Waals surface area contributed by atoms with Crippen LogP contribution in [0.1, 0.15) is 47.5 Å². The van der Waals surface area contributed by atoms with E-state index in [1.165, 1.54) is 0 Å². The molecule has 0 heterocycles. The highest BCUT2D eigenvalue weighted by Gasteiger charge is 2.45. The number of aliphatic hydroxyl groups is 1. The molecule has 134 valence electrons. The molecule has 3 atom stereocenters. The van der Waals surface area contributed by atoms with Crippen molar-refractivity contribution in [2.24, 2.45) is 5.41 Å². The lowest BCUT2D eigenvalue weighted by Crippen LogP contribution is -2.51. The third-order valence-corrected chi connectivity index (χ3v) is 10.2. The quantitative estimate of drug-likeness (QED) is 0.589. The van der Waals surface area contributed by atoms with Crippen molar-refractivity contribution in [3.63, 3.8) is 0 Å². The largest absolute Gasteiger partial charge is 0.547 e. The summed E-state index contributed by atoms with van der Waals surface area (Å²) < 4.78 is 6.53. The third kappa shape index (κ3) is 4.28. The van der Waals surface area contributed by atoms with Gasteiger partial charge < -0.3 is 14.4 Å². The Hall–Kier alpha value is -0.583. The first-order chi connectivity index (χ1) is 10.2. The Kier molecular flexibility index (Phi) is 5.99. The van der Waals surface area contributed by atoms with Gasteiger partial charge in [0.05, 0.1) is 11.9 Å². The summed E-state index contributed by atoms with van der Waals surface area (Å²) in [5, 5.41) is 10.9. The first-order valence-corrected chi connectivity index (χ1v) is 11.5. The minimum Gasteiger partial charge on any atom is -0.547 e. The highest BCUT2D eigenvalue weighted by molar-refractivity contribution is 6.74. The van der Waals surface area contributed by atoms with Crippen LogP contribution >= 0.6 is 0 Å². The van der Waals surface area contributed by atoms with Crippen molar-refractivity contribution >= 4 is 8.32 Å². The standard InChI is InChI=1S/C19H37NO2Si/c1-14(2)17(21)19(6)12-11-15(13-16(19)20(7)8)22-23(9,10)18(3,4)5/h13,16-17,21H,1,11-12H2,2-10H3/t16-,17-,19+/m1/s1. The minimum absolute atomic E-state index is 0.141. The van der Waals surface area contributed by atoms with Gasteiger partial charge >= 0.3 is 0 Å². The van der Waals surface area contributed by atoms with Gasteiger partial charge in [-0.25, -0.2) is 0 Å². The number of hydrogen-bond donors (Lipinski definition) is 1. The van der Waals surface area contributed by atoms with Crippen LogP contribution in [0.3, 0.4) is 0 Å². The molecule has 0 amide bonds. The summed E-state index contributed by atoms with van der Waals surface area (Å²) in [6.45, 7) is 19.4. The number of allylic oxidation sites excluding steroid dienone is 1. The molecule has 0 aromatic rings. The fourth-order valence-electron chi connectivity index (χ4n) is 3.16. The van der Waals surface area contributed by atoms with Crippen LogP contribution in [0.2, 0.25) is 18.1 Å². The lowest BCUT2D eigenvalue weighted by Gasteiger charge is -2.47. The number of hydrogen-bond acceptors (Lipinski definition) is 3. The van der Waals surface area contributed by atoms with Gasteiger partial charge in [0, 0.05) is 17.9 Å². The number of nitrogens with zero attached hydrogens (tertiary/aromatic N) is 1. The molecule has 0 spiro atoms. The van der Waals surface area contributed by atoms with Crippen LogP contribution in [0.15, 0.2) is 24.0 Å². The first-order valence-electron chi connectivity index (χ1n) is 8.62. The van der Waals surface area contributed by atoms with Crippen molar-refractivity contribution in [1.29, 1.82) is 0 Å². The SMILES string of the molecule is C=C(C)[C@@H](O)[C@@]1(C)CCC(O[Si](C)(C)C(C)(C)C)=C[C@H]1N(C)C. The van der Waals surface area contributed by atoms with Gasteiger partial charge in [-0.2, -0.15) is 0 Å². The van der Waals surface area contributed by atoms with Crippen LogP contribution in [-0.2, 0) is 4.43 Å². The molecule has 0 saturated carbocycles. The average molecular weight is 340 g/mol. The van der Waals surface area contributed by atoms with E-state index in [1.807, 2.05) is 6.92 Å². The maximum Gasteiger partial charge on any atom is 0.250 e. The molecule has 0 radical (unpaired) electrons. The monoisotopic (exact) mass is 339 g/mol. The molecule has 0 aromatic carbocycles. The molecule has 3 nitrogen and oxygen atoms in total. The van der Waals surface area contributed by atoms with Gasteiger partial charge in [0.15, 0.2) is 0 Å². The lowest BCUT2D eigenvalue weighted by atomic mass is 9.68. The van der Waals surface area contributed by atoms with Gasteiger partial charge in [0.1, 0.15) is 0 Å². The Balaban J connectivity index is 3.12. The van der Waals surface area contributed by atoms with E-state index in [4.69, 9.17) is 4.43 Å². The molecule has 0 aromatic heterocycles. The molecular weight excluding hydrogens is 302 g/mol. The van der Waals surface area contributed by atoms with Gasteiger partial charge in [-0.05, 0) is 51.6 Å². The third-order valence-electron chi connectivity index (χ3n) is 5.77. The number of aliphatic hydroxyl groups excluding tert-OH is 1. The Morgan fingerprint density at radius 3 is 2.35 bits per heavy atom. The average Bonchev–Trinajstić information content (AvgIpc) is 2.38. The fourth-order valence-corrected chi connectivity index (χ4v) is 4.29. The van der Waals surface area contributed by atoms with Crippen LogP contribution in [-0.4, -0.2) is 44.6 Å². The maximum atomic E-state index is 10.7. The van der Waals surface area contributed by atoms with Crippen LogP contribution in [0.4, 0.5) is 0 Å². The Morgan fingerprint density at radius 1 is 1.43 bits per heavy atom. The summed E-state index contributed by atoms with van der Waals surface area (Å²) in [7, 11) is 2.32. The van der Waals surface area contributed by atoms with E-state index in [2.05, 4.69) is 72.4 Å². The van der Waals surface area contributed by atoms with E-state index in [-0.39, 0.29) is 16.5 Å². The van der Waals surface area contributed by atoms with Crippen LogP contribution in [0, 0.1) is 5.41 Å². The van der Waals surface area contributed by atoms with E-state index in [9.17, 15) is 5.11 Å². The molecular formula is C19H37NO2Si. The van der Waals surface area contributed by atoms with E-state index in [0.717, 1.165) is 24.2 Å². The van der Waals surface area contributed by atoms with Crippen molar-refractivity contribution in [2.45, 2.75) is 77.7 Å². The van der Waals surface area contributed by atoms with Gasteiger partial charge in [0.2, 0.25) is 8.32 Å². The molecule has 0 unspecified atom stereocenters.